The van der Waals surface area contributed by atoms with Crippen LogP contribution in [0, 0.1) is 17.8 Å². The molecule has 108 valence electrons. The molecule has 0 aromatic carbocycles. The number of carbonyl (C=O) groups is 2. The summed E-state index contributed by atoms with van der Waals surface area (Å²) >= 11 is 0. The molecule has 3 fully saturated rings. The highest BCUT2D eigenvalue weighted by molar-refractivity contribution is 5.87. The summed E-state index contributed by atoms with van der Waals surface area (Å²) in [6.07, 6.45) is 4.82. The highest BCUT2D eigenvalue weighted by atomic mass is 35.5. The van der Waals surface area contributed by atoms with E-state index >= 15 is 0 Å². The van der Waals surface area contributed by atoms with Crippen LogP contribution < -0.4 is 11.1 Å². The molecule has 1 aliphatic heterocycles. The van der Waals surface area contributed by atoms with E-state index in [0.717, 1.165) is 19.3 Å². The van der Waals surface area contributed by atoms with E-state index in [9.17, 15) is 9.59 Å². The molecular formula is C13H21ClN2O3. The molecule has 0 spiro atoms. The zero-order chi connectivity index (χ0) is 12.8. The van der Waals surface area contributed by atoms with Gasteiger partial charge >= 0.3 is 5.97 Å². The molecule has 1 heterocycles. The Balaban J connectivity index is 0.00000133. The topological polar surface area (TPSA) is 81.4 Å². The predicted molar refractivity (Wildman–Crippen MR) is 71.7 cm³/mol. The maximum atomic E-state index is 12.2. The number of cyclic esters (lactones) is 1. The monoisotopic (exact) mass is 288 g/mol. The summed E-state index contributed by atoms with van der Waals surface area (Å²) in [5.41, 5.74) is 5.59. The van der Waals surface area contributed by atoms with Crippen LogP contribution >= 0.6 is 12.4 Å². The number of esters is 1. The van der Waals surface area contributed by atoms with E-state index in [0.29, 0.717) is 31.4 Å². The Morgan fingerprint density at radius 2 is 2.26 bits per heavy atom. The SMILES string of the molecule is Cl.NC1(C(=O)NCC2CCOC2=O)CCCC2CC21. The fraction of sp³-hybridized carbons (Fsp3) is 0.846. The van der Waals surface area contributed by atoms with Crippen LogP contribution in [0.5, 0.6) is 0 Å². The highest BCUT2D eigenvalue weighted by Crippen LogP contribution is 2.53. The van der Waals surface area contributed by atoms with Gasteiger partial charge < -0.3 is 15.8 Å². The maximum absolute atomic E-state index is 12.2. The van der Waals surface area contributed by atoms with E-state index in [-0.39, 0.29) is 30.2 Å². The third kappa shape index (κ3) is 2.58. The van der Waals surface area contributed by atoms with Crippen LogP contribution in [0.25, 0.3) is 0 Å². The zero-order valence-electron chi connectivity index (χ0n) is 10.9. The van der Waals surface area contributed by atoms with E-state index in [1.165, 1.54) is 6.42 Å². The lowest BCUT2D eigenvalue weighted by Crippen LogP contribution is -2.57. The molecule has 0 aromatic heterocycles. The number of nitrogens with one attached hydrogen (secondary N) is 1. The van der Waals surface area contributed by atoms with E-state index < -0.39 is 5.54 Å². The Morgan fingerprint density at radius 1 is 1.47 bits per heavy atom. The summed E-state index contributed by atoms with van der Waals surface area (Å²) in [7, 11) is 0. The van der Waals surface area contributed by atoms with Crippen LogP contribution in [0.3, 0.4) is 0 Å². The van der Waals surface area contributed by atoms with Crippen LogP contribution in [0.1, 0.15) is 32.1 Å². The fourth-order valence-corrected chi connectivity index (χ4v) is 3.42. The van der Waals surface area contributed by atoms with Gasteiger partial charge in [0.05, 0.1) is 18.1 Å². The smallest absolute Gasteiger partial charge is 0.310 e. The van der Waals surface area contributed by atoms with Crippen molar-refractivity contribution in [1.82, 2.24) is 5.32 Å². The molecule has 0 radical (unpaired) electrons. The number of rotatable bonds is 3. The number of amides is 1. The quantitative estimate of drug-likeness (QED) is 0.746. The minimum Gasteiger partial charge on any atom is -0.465 e. The van der Waals surface area contributed by atoms with Crippen molar-refractivity contribution in [3.05, 3.63) is 0 Å². The Morgan fingerprint density at radius 3 is 2.95 bits per heavy atom. The fourth-order valence-electron chi connectivity index (χ4n) is 3.42. The van der Waals surface area contributed by atoms with Gasteiger partial charge in [-0.2, -0.15) is 0 Å². The zero-order valence-corrected chi connectivity index (χ0v) is 11.7. The number of nitrogens with two attached hydrogens (primary N) is 1. The van der Waals surface area contributed by atoms with Gasteiger partial charge in [-0.05, 0) is 31.1 Å². The summed E-state index contributed by atoms with van der Waals surface area (Å²) in [4.78, 5) is 23.5. The summed E-state index contributed by atoms with van der Waals surface area (Å²) in [6.45, 7) is 0.839. The van der Waals surface area contributed by atoms with Gasteiger partial charge in [-0.1, -0.05) is 12.8 Å². The van der Waals surface area contributed by atoms with Crippen molar-refractivity contribution in [2.45, 2.75) is 37.6 Å². The minimum absolute atomic E-state index is 0. The van der Waals surface area contributed by atoms with E-state index in [1.807, 2.05) is 0 Å². The third-order valence-corrected chi connectivity index (χ3v) is 4.73. The first-order valence-corrected chi connectivity index (χ1v) is 6.85. The van der Waals surface area contributed by atoms with Gasteiger partial charge in [-0.25, -0.2) is 0 Å². The molecule has 1 saturated heterocycles. The molecular weight excluding hydrogens is 268 g/mol. The van der Waals surface area contributed by atoms with Gasteiger partial charge in [0.25, 0.3) is 0 Å². The molecule has 3 N–H and O–H groups in total. The van der Waals surface area contributed by atoms with Crippen LogP contribution in [-0.2, 0) is 14.3 Å². The Bertz CT molecular complexity index is 390. The van der Waals surface area contributed by atoms with Crippen LogP contribution in [-0.4, -0.2) is 30.6 Å². The number of hydrogen-bond donors (Lipinski definition) is 2. The summed E-state index contributed by atoms with van der Waals surface area (Å²) in [6, 6.07) is 0. The highest BCUT2D eigenvalue weighted by Gasteiger charge is 2.56. The second-order valence-corrected chi connectivity index (χ2v) is 5.90. The lowest BCUT2D eigenvalue weighted by molar-refractivity contribution is -0.141. The van der Waals surface area contributed by atoms with Crippen molar-refractivity contribution in [2.24, 2.45) is 23.5 Å². The van der Waals surface area contributed by atoms with Crippen molar-refractivity contribution >= 4 is 24.3 Å². The van der Waals surface area contributed by atoms with E-state index in [2.05, 4.69) is 5.32 Å². The molecule has 0 aromatic rings. The number of hydrogen-bond acceptors (Lipinski definition) is 4. The molecule has 6 heteroatoms. The third-order valence-electron chi connectivity index (χ3n) is 4.73. The average Bonchev–Trinajstić information content (AvgIpc) is 3.04. The first-order valence-electron chi connectivity index (χ1n) is 6.85. The number of ether oxygens (including phenoxy) is 1. The Kier molecular flexibility index (Phi) is 4.06. The first-order chi connectivity index (χ1) is 8.61. The van der Waals surface area contributed by atoms with Crippen LogP contribution in [0.15, 0.2) is 0 Å². The molecule has 5 nitrogen and oxygen atoms in total. The molecule has 4 atom stereocenters. The van der Waals surface area contributed by atoms with Crippen LogP contribution in [0.2, 0.25) is 0 Å². The van der Waals surface area contributed by atoms with E-state index in [4.69, 9.17) is 10.5 Å². The normalized spacial score (nSPS) is 39.8. The number of fused-ring (bicyclic) bond motifs is 1. The lowest BCUT2D eigenvalue weighted by atomic mass is 9.81. The molecule has 0 bridgehead atoms. The van der Waals surface area contributed by atoms with Gasteiger partial charge in [0.2, 0.25) is 5.91 Å². The second kappa shape index (κ2) is 5.29. The Labute approximate surface area is 119 Å². The maximum Gasteiger partial charge on any atom is 0.310 e. The molecule has 3 rings (SSSR count). The van der Waals surface area contributed by atoms with Crippen molar-refractivity contribution in [3.8, 4) is 0 Å². The predicted octanol–water partition coefficient (Wildman–Crippen LogP) is 0.605. The van der Waals surface area contributed by atoms with Gasteiger partial charge in [-0.15, -0.1) is 12.4 Å². The standard InChI is InChI=1S/C13H20N2O3.ClH/c14-13(4-1-2-8-6-10(8)13)12(17)15-7-9-3-5-18-11(9)16;/h8-10H,1-7,14H2,(H,15,17);1H. The van der Waals surface area contributed by atoms with Crippen molar-refractivity contribution < 1.29 is 14.3 Å². The first kappa shape index (κ1) is 14.6. The summed E-state index contributed by atoms with van der Waals surface area (Å²) in [5, 5.41) is 2.86. The molecule has 2 aliphatic carbocycles. The molecule has 2 saturated carbocycles. The molecule has 3 aliphatic rings. The minimum atomic E-state index is -0.689. The van der Waals surface area contributed by atoms with Crippen molar-refractivity contribution in [3.63, 3.8) is 0 Å². The van der Waals surface area contributed by atoms with Crippen molar-refractivity contribution in [2.75, 3.05) is 13.2 Å². The second-order valence-electron chi connectivity index (χ2n) is 5.90. The number of carbonyl (C=O) groups excluding carboxylic acids is 2. The van der Waals surface area contributed by atoms with Crippen molar-refractivity contribution in [1.29, 1.82) is 0 Å². The van der Waals surface area contributed by atoms with Gasteiger partial charge in [0, 0.05) is 6.54 Å². The van der Waals surface area contributed by atoms with Crippen LogP contribution in [0.4, 0.5) is 0 Å². The largest absolute Gasteiger partial charge is 0.465 e. The summed E-state index contributed by atoms with van der Waals surface area (Å²) < 4.78 is 4.88. The Hall–Kier alpha value is -0.810. The summed E-state index contributed by atoms with van der Waals surface area (Å²) in [5.74, 6) is 0.563. The van der Waals surface area contributed by atoms with Gasteiger partial charge in [0.15, 0.2) is 0 Å². The molecule has 1 amide bonds. The average molecular weight is 289 g/mol. The number of halogens is 1. The van der Waals surface area contributed by atoms with Gasteiger partial charge in [0.1, 0.15) is 0 Å². The molecule has 4 unspecified atom stereocenters. The lowest BCUT2D eigenvalue weighted by Gasteiger charge is -2.32. The van der Waals surface area contributed by atoms with E-state index in [1.54, 1.807) is 0 Å². The van der Waals surface area contributed by atoms with Gasteiger partial charge in [-0.3, -0.25) is 9.59 Å². The molecule has 19 heavy (non-hydrogen) atoms.